The van der Waals surface area contributed by atoms with Gasteiger partial charge in [-0.25, -0.2) is 13.7 Å². The SMILES string of the molecule is CC(C)SC1=C(c2ccc([N+](=O)[O-])cc2)C(=O)N(c2ccc(F)cc2F)C1=O. The van der Waals surface area contributed by atoms with E-state index in [9.17, 15) is 28.5 Å². The maximum absolute atomic E-state index is 14.2. The molecule has 6 nitrogen and oxygen atoms in total. The van der Waals surface area contributed by atoms with Crippen LogP contribution in [0.15, 0.2) is 47.4 Å². The highest BCUT2D eigenvalue weighted by atomic mass is 32.2. The van der Waals surface area contributed by atoms with Crippen LogP contribution in [0.1, 0.15) is 19.4 Å². The van der Waals surface area contributed by atoms with Gasteiger partial charge in [0.25, 0.3) is 17.5 Å². The minimum absolute atomic E-state index is 0.0299. The van der Waals surface area contributed by atoms with E-state index in [2.05, 4.69) is 0 Å². The molecule has 2 aromatic rings. The molecule has 0 bridgehead atoms. The van der Waals surface area contributed by atoms with Crippen LogP contribution in [0.3, 0.4) is 0 Å². The lowest BCUT2D eigenvalue weighted by Gasteiger charge is -2.16. The summed E-state index contributed by atoms with van der Waals surface area (Å²) in [7, 11) is 0. The zero-order valence-corrected chi connectivity index (χ0v) is 15.6. The number of halogens is 2. The van der Waals surface area contributed by atoms with Crippen molar-refractivity contribution in [3.05, 3.63) is 74.7 Å². The van der Waals surface area contributed by atoms with Crippen LogP contribution in [0, 0.1) is 21.7 Å². The van der Waals surface area contributed by atoms with Crippen molar-refractivity contribution in [1.82, 2.24) is 0 Å². The van der Waals surface area contributed by atoms with E-state index < -0.39 is 28.4 Å². The molecule has 2 amide bonds. The van der Waals surface area contributed by atoms with E-state index in [0.717, 1.165) is 23.9 Å². The van der Waals surface area contributed by atoms with E-state index >= 15 is 0 Å². The van der Waals surface area contributed by atoms with Gasteiger partial charge in [0.1, 0.15) is 11.6 Å². The van der Waals surface area contributed by atoms with Gasteiger partial charge in [-0.15, -0.1) is 11.8 Å². The number of thioether (sulfide) groups is 1. The lowest BCUT2D eigenvalue weighted by molar-refractivity contribution is -0.384. The van der Waals surface area contributed by atoms with Crippen LogP contribution in [0.25, 0.3) is 5.57 Å². The van der Waals surface area contributed by atoms with E-state index in [0.29, 0.717) is 16.5 Å². The Morgan fingerprint density at radius 2 is 1.68 bits per heavy atom. The number of nitrogens with zero attached hydrogens (tertiary/aromatic N) is 2. The second-order valence-corrected chi connectivity index (χ2v) is 7.80. The third-order valence-electron chi connectivity index (χ3n) is 3.91. The molecule has 0 atom stereocenters. The van der Waals surface area contributed by atoms with E-state index in [1.165, 1.54) is 24.3 Å². The Labute approximate surface area is 163 Å². The fourth-order valence-corrected chi connectivity index (χ4v) is 3.73. The summed E-state index contributed by atoms with van der Waals surface area (Å²) in [4.78, 5) is 37.0. The van der Waals surface area contributed by atoms with Gasteiger partial charge in [-0.1, -0.05) is 13.8 Å². The van der Waals surface area contributed by atoms with Gasteiger partial charge in [-0.2, -0.15) is 0 Å². The van der Waals surface area contributed by atoms with Crippen molar-refractivity contribution >= 4 is 40.5 Å². The number of carbonyl (C=O) groups excluding carboxylic acids is 2. The highest BCUT2D eigenvalue weighted by Crippen LogP contribution is 2.40. The highest BCUT2D eigenvalue weighted by molar-refractivity contribution is 8.04. The number of benzene rings is 2. The molecule has 0 saturated carbocycles. The molecule has 0 unspecified atom stereocenters. The predicted molar refractivity (Wildman–Crippen MR) is 102 cm³/mol. The van der Waals surface area contributed by atoms with Crippen molar-refractivity contribution in [3.63, 3.8) is 0 Å². The minimum atomic E-state index is -1.04. The first-order valence-corrected chi connectivity index (χ1v) is 9.08. The van der Waals surface area contributed by atoms with E-state index in [4.69, 9.17) is 0 Å². The van der Waals surface area contributed by atoms with Crippen molar-refractivity contribution in [3.8, 4) is 0 Å². The van der Waals surface area contributed by atoms with Crippen molar-refractivity contribution in [2.24, 2.45) is 0 Å². The lowest BCUT2D eigenvalue weighted by Crippen LogP contribution is -2.32. The lowest BCUT2D eigenvalue weighted by atomic mass is 10.1. The summed E-state index contributed by atoms with van der Waals surface area (Å²) in [5.41, 5.74) is -0.185. The average Bonchev–Trinajstić information content (AvgIpc) is 2.85. The fraction of sp³-hybridized carbons (Fsp3) is 0.158. The van der Waals surface area contributed by atoms with E-state index in [1.807, 2.05) is 13.8 Å². The van der Waals surface area contributed by atoms with Gasteiger partial charge in [0, 0.05) is 23.4 Å². The molecule has 0 saturated heterocycles. The molecule has 1 heterocycles. The van der Waals surface area contributed by atoms with Crippen molar-refractivity contribution in [2.45, 2.75) is 19.1 Å². The molecule has 0 aromatic heterocycles. The number of non-ortho nitro benzene ring substituents is 1. The highest BCUT2D eigenvalue weighted by Gasteiger charge is 2.41. The number of amides is 2. The summed E-state index contributed by atoms with van der Waals surface area (Å²) < 4.78 is 27.4. The largest absolute Gasteiger partial charge is 0.272 e. The second-order valence-electron chi connectivity index (χ2n) is 6.22. The number of imide groups is 1. The van der Waals surface area contributed by atoms with Gasteiger partial charge < -0.3 is 0 Å². The molecule has 0 aliphatic carbocycles. The second kappa shape index (κ2) is 7.51. The van der Waals surface area contributed by atoms with Gasteiger partial charge in [-0.05, 0) is 29.8 Å². The Hall–Kier alpha value is -3.07. The maximum atomic E-state index is 14.2. The molecule has 3 rings (SSSR count). The number of anilines is 1. The molecule has 2 aromatic carbocycles. The molecular formula is C19H14F2N2O4S. The van der Waals surface area contributed by atoms with Crippen LogP contribution in [0.4, 0.5) is 20.2 Å². The van der Waals surface area contributed by atoms with Crippen LogP contribution in [-0.4, -0.2) is 22.0 Å². The van der Waals surface area contributed by atoms with Crippen LogP contribution < -0.4 is 4.90 Å². The summed E-state index contributed by atoms with van der Waals surface area (Å²) in [6.07, 6.45) is 0. The topological polar surface area (TPSA) is 80.5 Å². The quantitative estimate of drug-likeness (QED) is 0.422. The number of nitro benzene ring substituents is 1. The predicted octanol–water partition coefficient (Wildman–Crippen LogP) is 4.30. The third kappa shape index (κ3) is 3.53. The molecule has 9 heteroatoms. The summed E-state index contributed by atoms with van der Waals surface area (Å²) in [5.74, 6) is -3.36. The fourth-order valence-electron chi connectivity index (χ4n) is 2.74. The number of hydrogen-bond acceptors (Lipinski definition) is 5. The van der Waals surface area contributed by atoms with Gasteiger partial charge in [0.15, 0.2) is 0 Å². The first kappa shape index (κ1) is 19.7. The van der Waals surface area contributed by atoms with Crippen molar-refractivity contribution in [1.29, 1.82) is 0 Å². The number of rotatable bonds is 5. The monoisotopic (exact) mass is 404 g/mol. The van der Waals surface area contributed by atoms with Gasteiger partial charge in [0.2, 0.25) is 0 Å². The standard InChI is InChI=1S/C19H14F2N2O4S/c1-10(2)28-17-16(11-3-6-13(7-4-11)23(26)27)18(24)22(19(17)25)15-8-5-12(20)9-14(15)21/h3-10H,1-2H3. The number of nitro groups is 1. The van der Waals surface area contributed by atoms with Crippen LogP contribution >= 0.6 is 11.8 Å². The number of hydrogen-bond donors (Lipinski definition) is 0. The average molecular weight is 404 g/mol. The molecule has 0 N–H and O–H groups in total. The molecule has 0 fully saturated rings. The molecule has 0 spiro atoms. The summed E-state index contributed by atoms with van der Waals surface area (Å²) in [5, 5.41) is 10.8. The summed E-state index contributed by atoms with van der Waals surface area (Å²) in [6, 6.07) is 7.75. The maximum Gasteiger partial charge on any atom is 0.272 e. The summed E-state index contributed by atoms with van der Waals surface area (Å²) in [6.45, 7) is 3.65. The van der Waals surface area contributed by atoms with Crippen LogP contribution in [-0.2, 0) is 9.59 Å². The molecule has 28 heavy (non-hydrogen) atoms. The Morgan fingerprint density at radius 3 is 2.21 bits per heavy atom. The molecule has 0 radical (unpaired) electrons. The third-order valence-corrected chi connectivity index (χ3v) is 5.00. The molecule has 144 valence electrons. The van der Waals surface area contributed by atoms with Crippen molar-refractivity contribution in [2.75, 3.05) is 4.90 Å². The van der Waals surface area contributed by atoms with Gasteiger partial charge >= 0.3 is 0 Å². The Morgan fingerprint density at radius 1 is 1.04 bits per heavy atom. The van der Waals surface area contributed by atoms with Gasteiger partial charge in [-0.3, -0.25) is 19.7 Å². The van der Waals surface area contributed by atoms with Crippen molar-refractivity contribution < 1.29 is 23.3 Å². The molecular weight excluding hydrogens is 390 g/mol. The van der Waals surface area contributed by atoms with E-state index in [1.54, 1.807) is 0 Å². The van der Waals surface area contributed by atoms with Crippen LogP contribution in [0.2, 0.25) is 0 Å². The van der Waals surface area contributed by atoms with Crippen LogP contribution in [0.5, 0.6) is 0 Å². The minimum Gasteiger partial charge on any atom is -0.268 e. The zero-order valence-electron chi connectivity index (χ0n) is 14.8. The van der Waals surface area contributed by atoms with Gasteiger partial charge in [0.05, 0.1) is 21.1 Å². The molecule has 1 aliphatic rings. The van der Waals surface area contributed by atoms with E-state index in [-0.39, 0.29) is 27.1 Å². The summed E-state index contributed by atoms with van der Waals surface area (Å²) >= 11 is 1.13. The Kier molecular flexibility index (Phi) is 5.28. The normalized spacial score (nSPS) is 14.4. The Bertz CT molecular complexity index is 1020. The number of carbonyl (C=O) groups is 2. The first-order valence-electron chi connectivity index (χ1n) is 8.20. The zero-order chi connectivity index (χ0) is 20.6. The first-order chi connectivity index (χ1) is 13.2. The Balaban J connectivity index is 2.11. The smallest absolute Gasteiger partial charge is 0.268 e. The molecule has 1 aliphatic heterocycles.